The highest BCUT2D eigenvalue weighted by molar-refractivity contribution is 7.10. The Hall–Kier alpha value is -0.950. The van der Waals surface area contributed by atoms with Crippen LogP contribution in [-0.4, -0.2) is 54.3 Å². The number of β-amino-alcohol motifs (C(OH)–C–C–N with tert-alkyl or cyclic N) is 1. The van der Waals surface area contributed by atoms with Crippen molar-refractivity contribution in [3.05, 3.63) is 21.9 Å². The second kappa shape index (κ2) is 5.60. The molecule has 2 fully saturated rings. The van der Waals surface area contributed by atoms with Crippen LogP contribution < -0.4 is 5.32 Å². The molecule has 5 nitrogen and oxygen atoms in total. The highest BCUT2D eigenvalue weighted by Crippen LogP contribution is 2.44. The summed E-state index contributed by atoms with van der Waals surface area (Å²) in [6.45, 7) is 2.79. The average Bonchev–Trinajstić information content (AvgIpc) is 3.17. The molecule has 0 aromatic carbocycles. The number of fused-ring (bicyclic) bond motifs is 2. The molecule has 3 aliphatic heterocycles. The van der Waals surface area contributed by atoms with E-state index in [4.69, 9.17) is 4.74 Å². The van der Waals surface area contributed by atoms with Crippen LogP contribution in [-0.2, 0) is 21.6 Å². The maximum absolute atomic E-state index is 12.5. The second-order valence-electron chi connectivity index (χ2n) is 6.54. The van der Waals surface area contributed by atoms with Crippen molar-refractivity contribution in [1.29, 1.82) is 0 Å². The maximum atomic E-state index is 12.5. The van der Waals surface area contributed by atoms with Crippen molar-refractivity contribution >= 4 is 17.2 Å². The standard InChI is InChI=1S/C16H22N2O3S/c19-12-9-13(17-10-12)15(20)18-5-3-16(4-6-18)14-11(1-7-21-16)2-8-22-14/h2,8,12-13,17,19H,1,3-7,9-10H2/t12-,13+/m1/s1. The zero-order chi connectivity index (χ0) is 15.2. The van der Waals surface area contributed by atoms with Gasteiger partial charge in [0.05, 0.1) is 18.8 Å². The maximum Gasteiger partial charge on any atom is 0.239 e. The van der Waals surface area contributed by atoms with Gasteiger partial charge >= 0.3 is 0 Å². The molecule has 22 heavy (non-hydrogen) atoms. The van der Waals surface area contributed by atoms with Crippen molar-refractivity contribution in [1.82, 2.24) is 10.2 Å². The smallest absolute Gasteiger partial charge is 0.239 e. The summed E-state index contributed by atoms with van der Waals surface area (Å²) in [6, 6.07) is 2.00. The van der Waals surface area contributed by atoms with Crippen molar-refractivity contribution in [2.75, 3.05) is 26.2 Å². The van der Waals surface area contributed by atoms with Crippen molar-refractivity contribution in [3.8, 4) is 0 Å². The van der Waals surface area contributed by atoms with Crippen LogP contribution in [0.4, 0.5) is 0 Å². The Morgan fingerprint density at radius 1 is 1.45 bits per heavy atom. The lowest BCUT2D eigenvalue weighted by Gasteiger charge is -2.44. The van der Waals surface area contributed by atoms with Crippen molar-refractivity contribution < 1.29 is 14.6 Å². The molecule has 6 heteroatoms. The molecule has 1 aromatic rings. The normalized spacial score (nSPS) is 30.5. The zero-order valence-corrected chi connectivity index (χ0v) is 13.4. The van der Waals surface area contributed by atoms with Crippen LogP contribution in [0.2, 0.25) is 0 Å². The molecule has 4 rings (SSSR count). The third kappa shape index (κ3) is 2.38. The van der Waals surface area contributed by atoms with Gasteiger partial charge in [0.2, 0.25) is 5.91 Å². The quantitative estimate of drug-likeness (QED) is 0.805. The summed E-state index contributed by atoms with van der Waals surface area (Å²) in [5.74, 6) is 0.133. The predicted molar refractivity (Wildman–Crippen MR) is 83.9 cm³/mol. The first-order valence-electron chi connectivity index (χ1n) is 8.09. The fraction of sp³-hybridized carbons (Fsp3) is 0.688. The monoisotopic (exact) mass is 322 g/mol. The van der Waals surface area contributed by atoms with Crippen molar-refractivity contribution in [3.63, 3.8) is 0 Å². The minimum atomic E-state index is -0.388. The first-order chi connectivity index (χ1) is 10.7. The third-order valence-corrected chi connectivity index (χ3v) is 6.34. The van der Waals surface area contributed by atoms with E-state index >= 15 is 0 Å². The SMILES string of the molecule is O=C([C@@H]1C[C@@H](O)CN1)N1CCC2(CC1)OCCc1ccsc12. The largest absolute Gasteiger partial charge is 0.392 e. The van der Waals surface area contributed by atoms with Crippen molar-refractivity contribution in [2.45, 2.75) is 43.4 Å². The molecule has 4 heterocycles. The number of aliphatic hydroxyl groups excluding tert-OH is 1. The van der Waals surface area contributed by atoms with Crippen LogP contribution in [0, 0.1) is 0 Å². The van der Waals surface area contributed by atoms with Crippen molar-refractivity contribution in [2.24, 2.45) is 0 Å². The highest BCUT2D eigenvalue weighted by Gasteiger charge is 2.43. The molecule has 0 radical (unpaired) electrons. The Morgan fingerprint density at radius 3 is 3.00 bits per heavy atom. The third-order valence-electron chi connectivity index (χ3n) is 5.20. The van der Waals surface area contributed by atoms with Gasteiger partial charge < -0.3 is 20.1 Å². The molecular weight excluding hydrogens is 300 g/mol. The molecule has 0 unspecified atom stereocenters. The minimum Gasteiger partial charge on any atom is -0.392 e. The van der Waals surface area contributed by atoms with E-state index in [1.54, 1.807) is 11.3 Å². The Bertz CT molecular complexity index is 565. The molecule has 0 aliphatic carbocycles. The molecule has 0 bridgehead atoms. The molecule has 1 spiro atoms. The number of nitrogens with one attached hydrogen (secondary N) is 1. The predicted octanol–water partition coefficient (Wildman–Crippen LogP) is 0.861. The number of hydrogen-bond acceptors (Lipinski definition) is 5. The molecular formula is C16H22N2O3S. The van der Waals surface area contributed by atoms with Gasteiger partial charge in [-0.05, 0) is 42.7 Å². The zero-order valence-electron chi connectivity index (χ0n) is 12.6. The number of likely N-dealkylation sites (tertiary alicyclic amines) is 1. The number of piperidine rings is 1. The molecule has 2 saturated heterocycles. The number of hydrogen-bond donors (Lipinski definition) is 2. The lowest BCUT2D eigenvalue weighted by Crippen LogP contribution is -2.51. The van der Waals surface area contributed by atoms with Crippen LogP contribution >= 0.6 is 11.3 Å². The minimum absolute atomic E-state index is 0.133. The summed E-state index contributed by atoms with van der Waals surface area (Å²) in [4.78, 5) is 15.8. The molecule has 1 aromatic heterocycles. The molecule has 2 N–H and O–H groups in total. The number of nitrogens with zero attached hydrogens (tertiary/aromatic N) is 1. The number of aliphatic hydroxyl groups is 1. The van der Waals surface area contributed by atoms with Crippen LogP contribution in [0.15, 0.2) is 11.4 Å². The first-order valence-corrected chi connectivity index (χ1v) is 8.97. The van der Waals surface area contributed by atoms with Gasteiger partial charge in [0.15, 0.2) is 0 Å². The van der Waals surface area contributed by atoms with E-state index in [9.17, 15) is 9.90 Å². The molecule has 0 saturated carbocycles. The van der Waals surface area contributed by atoms with Gasteiger partial charge in [0.1, 0.15) is 5.60 Å². The highest BCUT2D eigenvalue weighted by atomic mass is 32.1. The second-order valence-corrected chi connectivity index (χ2v) is 7.46. The van der Waals surface area contributed by atoms with E-state index in [1.807, 2.05) is 4.90 Å². The Labute approximate surface area is 134 Å². The van der Waals surface area contributed by atoms with Gasteiger partial charge in [0, 0.05) is 24.5 Å². The van der Waals surface area contributed by atoms with Gasteiger partial charge in [-0.2, -0.15) is 0 Å². The fourth-order valence-electron chi connectivity index (χ4n) is 3.94. The van der Waals surface area contributed by atoms with E-state index in [0.29, 0.717) is 13.0 Å². The lowest BCUT2D eigenvalue weighted by atomic mass is 9.85. The number of carbonyl (C=O) groups excluding carboxylic acids is 1. The Morgan fingerprint density at radius 2 is 2.27 bits per heavy atom. The molecule has 2 atom stereocenters. The number of carbonyl (C=O) groups is 1. The summed E-state index contributed by atoms with van der Waals surface area (Å²) in [5, 5.41) is 14.9. The van der Waals surface area contributed by atoms with Gasteiger partial charge in [-0.1, -0.05) is 0 Å². The van der Waals surface area contributed by atoms with Crippen LogP contribution in [0.1, 0.15) is 29.7 Å². The average molecular weight is 322 g/mol. The van der Waals surface area contributed by atoms with Crippen LogP contribution in [0.3, 0.4) is 0 Å². The van der Waals surface area contributed by atoms with Gasteiger partial charge in [0.25, 0.3) is 0 Å². The van der Waals surface area contributed by atoms with E-state index < -0.39 is 0 Å². The van der Waals surface area contributed by atoms with E-state index in [2.05, 4.69) is 16.8 Å². The van der Waals surface area contributed by atoms with Gasteiger partial charge in [-0.25, -0.2) is 0 Å². The van der Waals surface area contributed by atoms with E-state index in [0.717, 1.165) is 39.0 Å². The van der Waals surface area contributed by atoms with Crippen LogP contribution in [0.5, 0.6) is 0 Å². The number of ether oxygens (including phenoxy) is 1. The van der Waals surface area contributed by atoms with Crippen LogP contribution in [0.25, 0.3) is 0 Å². The fourth-order valence-corrected chi connectivity index (χ4v) is 5.11. The van der Waals surface area contributed by atoms with Gasteiger partial charge in [-0.3, -0.25) is 4.79 Å². The number of amides is 1. The number of thiophene rings is 1. The van der Waals surface area contributed by atoms with E-state index in [1.165, 1.54) is 10.4 Å². The molecule has 120 valence electrons. The molecule has 3 aliphatic rings. The first kappa shape index (κ1) is 14.6. The summed E-state index contributed by atoms with van der Waals surface area (Å²) in [5.41, 5.74) is 1.26. The lowest BCUT2D eigenvalue weighted by molar-refractivity contribution is -0.142. The van der Waals surface area contributed by atoms with Gasteiger partial charge in [-0.15, -0.1) is 11.3 Å². The number of rotatable bonds is 1. The molecule has 1 amide bonds. The topological polar surface area (TPSA) is 61.8 Å². The summed E-state index contributed by atoms with van der Waals surface area (Å²) in [7, 11) is 0. The Balaban J connectivity index is 1.44. The summed E-state index contributed by atoms with van der Waals surface area (Å²) < 4.78 is 6.18. The Kier molecular flexibility index (Phi) is 3.72. The summed E-state index contributed by atoms with van der Waals surface area (Å²) >= 11 is 1.79. The van der Waals surface area contributed by atoms with E-state index in [-0.39, 0.29) is 23.7 Å². The summed E-state index contributed by atoms with van der Waals surface area (Å²) in [6.07, 6.45) is 2.91.